The third-order valence-electron chi connectivity index (χ3n) is 4.35. The lowest BCUT2D eigenvalue weighted by Crippen LogP contribution is -2.25. The summed E-state index contributed by atoms with van der Waals surface area (Å²) in [6, 6.07) is 6.01. The fourth-order valence-corrected chi connectivity index (χ4v) is 2.95. The second kappa shape index (κ2) is 5.89. The number of nitrogens with zero attached hydrogens (tertiary/aromatic N) is 5. The van der Waals surface area contributed by atoms with Crippen molar-refractivity contribution in [3.63, 3.8) is 0 Å². The van der Waals surface area contributed by atoms with Crippen LogP contribution in [-0.4, -0.2) is 24.6 Å². The van der Waals surface area contributed by atoms with Crippen LogP contribution in [0.5, 0.6) is 0 Å². The van der Waals surface area contributed by atoms with Crippen LogP contribution in [0, 0.1) is 12.7 Å². The van der Waals surface area contributed by atoms with E-state index >= 15 is 0 Å². The SMILES string of the molecule is Cc1nc2c(c(=O)n1C)CN(Cc1nnc(-c3cccc(F)c3)o1)C2. The maximum absolute atomic E-state index is 13.3. The van der Waals surface area contributed by atoms with Gasteiger partial charge in [-0.25, -0.2) is 9.37 Å². The van der Waals surface area contributed by atoms with Crippen molar-refractivity contribution in [3.8, 4) is 11.5 Å². The van der Waals surface area contributed by atoms with Crippen molar-refractivity contribution in [2.45, 2.75) is 26.6 Å². The zero-order valence-electron chi connectivity index (χ0n) is 13.9. The topological polar surface area (TPSA) is 77.1 Å². The zero-order chi connectivity index (χ0) is 17.6. The second-order valence-corrected chi connectivity index (χ2v) is 6.10. The molecule has 7 nitrogen and oxygen atoms in total. The summed E-state index contributed by atoms with van der Waals surface area (Å²) in [5.41, 5.74) is 2.02. The van der Waals surface area contributed by atoms with Gasteiger partial charge in [-0.15, -0.1) is 10.2 Å². The molecule has 1 aliphatic heterocycles. The third kappa shape index (κ3) is 2.85. The van der Waals surface area contributed by atoms with E-state index in [-0.39, 0.29) is 17.3 Å². The molecule has 0 amide bonds. The quantitative estimate of drug-likeness (QED) is 0.723. The Bertz CT molecular complexity index is 1010. The van der Waals surface area contributed by atoms with Crippen LogP contribution in [0.2, 0.25) is 0 Å². The minimum Gasteiger partial charge on any atom is -0.419 e. The molecule has 0 saturated carbocycles. The Morgan fingerprint density at radius 3 is 2.92 bits per heavy atom. The van der Waals surface area contributed by atoms with Gasteiger partial charge in [-0.05, 0) is 25.1 Å². The summed E-state index contributed by atoms with van der Waals surface area (Å²) in [4.78, 5) is 18.8. The van der Waals surface area contributed by atoms with E-state index in [0.29, 0.717) is 42.5 Å². The molecule has 3 aromatic rings. The van der Waals surface area contributed by atoms with Crippen molar-refractivity contribution in [2.24, 2.45) is 7.05 Å². The average Bonchev–Trinajstić information content (AvgIpc) is 3.20. The Hall–Kier alpha value is -2.87. The third-order valence-corrected chi connectivity index (χ3v) is 4.35. The number of hydrogen-bond donors (Lipinski definition) is 0. The molecule has 3 heterocycles. The van der Waals surface area contributed by atoms with Gasteiger partial charge in [0.15, 0.2) is 0 Å². The van der Waals surface area contributed by atoms with Crippen LogP contribution in [0.1, 0.15) is 23.0 Å². The molecule has 1 aliphatic rings. The van der Waals surface area contributed by atoms with Gasteiger partial charge in [0, 0.05) is 25.7 Å². The summed E-state index contributed by atoms with van der Waals surface area (Å²) >= 11 is 0. The maximum Gasteiger partial charge on any atom is 0.258 e. The lowest BCUT2D eigenvalue weighted by molar-refractivity contribution is 0.245. The average molecular weight is 341 g/mol. The molecular formula is C17H16FN5O2. The molecule has 0 spiro atoms. The summed E-state index contributed by atoms with van der Waals surface area (Å²) in [6.07, 6.45) is 0. The van der Waals surface area contributed by atoms with Gasteiger partial charge in [-0.2, -0.15) is 0 Å². The molecule has 0 saturated heterocycles. The highest BCUT2D eigenvalue weighted by Gasteiger charge is 2.26. The molecule has 128 valence electrons. The van der Waals surface area contributed by atoms with Crippen LogP contribution in [-0.2, 0) is 26.7 Å². The molecule has 0 atom stereocenters. The van der Waals surface area contributed by atoms with E-state index in [9.17, 15) is 9.18 Å². The molecule has 4 rings (SSSR count). The van der Waals surface area contributed by atoms with Gasteiger partial charge >= 0.3 is 0 Å². The molecule has 0 N–H and O–H groups in total. The largest absolute Gasteiger partial charge is 0.419 e. The molecule has 0 radical (unpaired) electrons. The molecule has 0 fully saturated rings. The minimum atomic E-state index is -0.357. The predicted octanol–water partition coefficient (Wildman–Crippen LogP) is 1.79. The van der Waals surface area contributed by atoms with E-state index in [2.05, 4.69) is 15.2 Å². The number of rotatable bonds is 3. The van der Waals surface area contributed by atoms with Crippen LogP contribution in [0.3, 0.4) is 0 Å². The Labute approximate surface area is 142 Å². The van der Waals surface area contributed by atoms with Crippen molar-refractivity contribution in [2.75, 3.05) is 0 Å². The highest BCUT2D eigenvalue weighted by atomic mass is 19.1. The fourth-order valence-electron chi connectivity index (χ4n) is 2.95. The van der Waals surface area contributed by atoms with E-state index in [4.69, 9.17) is 4.42 Å². The van der Waals surface area contributed by atoms with Gasteiger partial charge in [-0.3, -0.25) is 14.3 Å². The first-order chi connectivity index (χ1) is 12.0. The highest BCUT2D eigenvalue weighted by Crippen LogP contribution is 2.22. The van der Waals surface area contributed by atoms with Gasteiger partial charge < -0.3 is 4.42 Å². The summed E-state index contributed by atoms with van der Waals surface area (Å²) in [6.45, 7) is 3.27. The van der Waals surface area contributed by atoms with Crippen LogP contribution in [0.4, 0.5) is 4.39 Å². The maximum atomic E-state index is 13.3. The Morgan fingerprint density at radius 2 is 2.12 bits per heavy atom. The Kier molecular flexibility index (Phi) is 3.69. The minimum absolute atomic E-state index is 0.0176. The number of aromatic nitrogens is 4. The first-order valence-electron chi connectivity index (χ1n) is 7.87. The molecule has 8 heteroatoms. The van der Waals surface area contributed by atoms with E-state index < -0.39 is 0 Å². The summed E-state index contributed by atoms with van der Waals surface area (Å²) in [5, 5.41) is 7.99. The van der Waals surface area contributed by atoms with Crippen LogP contribution in [0.25, 0.3) is 11.5 Å². The highest BCUT2D eigenvalue weighted by molar-refractivity contribution is 5.52. The van der Waals surface area contributed by atoms with Crippen molar-refractivity contribution in [1.29, 1.82) is 0 Å². The number of aryl methyl sites for hydroxylation is 1. The van der Waals surface area contributed by atoms with Gasteiger partial charge in [0.25, 0.3) is 5.56 Å². The van der Waals surface area contributed by atoms with E-state index in [1.165, 1.54) is 12.1 Å². The number of hydrogen-bond acceptors (Lipinski definition) is 6. The first kappa shape index (κ1) is 15.6. The number of benzene rings is 1. The van der Waals surface area contributed by atoms with Gasteiger partial charge in [0.1, 0.15) is 11.6 Å². The van der Waals surface area contributed by atoms with E-state index in [1.54, 1.807) is 23.7 Å². The lowest BCUT2D eigenvalue weighted by atomic mass is 10.2. The number of halogens is 1. The van der Waals surface area contributed by atoms with Crippen LogP contribution >= 0.6 is 0 Å². The molecule has 0 bridgehead atoms. The van der Waals surface area contributed by atoms with Crippen molar-refractivity contribution in [3.05, 3.63) is 63.4 Å². The van der Waals surface area contributed by atoms with Gasteiger partial charge in [-0.1, -0.05) is 6.07 Å². The normalized spacial score (nSPS) is 14.0. The molecule has 25 heavy (non-hydrogen) atoms. The number of fused-ring (bicyclic) bond motifs is 1. The van der Waals surface area contributed by atoms with E-state index in [0.717, 1.165) is 5.69 Å². The summed E-state index contributed by atoms with van der Waals surface area (Å²) < 4.78 is 20.5. The smallest absolute Gasteiger partial charge is 0.258 e. The predicted molar refractivity (Wildman–Crippen MR) is 86.9 cm³/mol. The Balaban J connectivity index is 1.53. The fraction of sp³-hybridized carbons (Fsp3) is 0.294. The summed E-state index contributed by atoms with van der Waals surface area (Å²) in [5.74, 6) is 1.03. The van der Waals surface area contributed by atoms with Crippen molar-refractivity contribution < 1.29 is 8.81 Å². The van der Waals surface area contributed by atoms with Crippen LogP contribution < -0.4 is 5.56 Å². The molecule has 2 aromatic heterocycles. The van der Waals surface area contributed by atoms with Crippen molar-refractivity contribution in [1.82, 2.24) is 24.6 Å². The molecule has 0 unspecified atom stereocenters. The van der Waals surface area contributed by atoms with Gasteiger partial charge in [0.05, 0.1) is 17.8 Å². The van der Waals surface area contributed by atoms with Crippen LogP contribution in [0.15, 0.2) is 33.5 Å². The zero-order valence-corrected chi connectivity index (χ0v) is 13.9. The van der Waals surface area contributed by atoms with Gasteiger partial charge in [0.2, 0.25) is 11.8 Å². The monoisotopic (exact) mass is 341 g/mol. The Morgan fingerprint density at radius 1 is 1.28 bits per heavy atom. The lowest BCUT2D eigenvalue weighted by Gasteiger charge is -2.10. The standard InChI is InChI=1S/C17H16FN5O2/c1-10-19-14-8-23(7-13(14)17(24)22(10)2)9-15-20-21-16(25-15)11-4-3-5-12(18)6-11/h3-6H,7-9H2,1-2H3. The summed E-state index contributed by atoms with van der Waals surface area (Å²) in [7, 11) is 1.72. The molecular weight excluding hydrogens is 325 g/mol. The first-order valence-corrected chi connectivity index (χ1v) is 7.87. The van der Waals surface area contributed by atoms with E-state index in [1.807, 2.05) is 11.8 Å². The molecule has 0 aliphatic carbocycles. The second-order valence-electron chi connectivity index (χ2n) is 6.10. The van der Waals surface area contributed by atoms with Crippen molar-refractivity contribution >= 4 is 0 Å². The molecule has 1 aromatic carbocycles.